The highest BCUT2D eigenvalue weighted by Gasteiger charge is 2.07. The second-order valence-electron chi connectivity index (χ2n) is 3.70. The fraction of sp³-hybridized carbons (Fsp3) is 0.500. The number of nitrogens with two attached hydrogens (primary N) is 1. The maximum atomic E-state index is 5.75. The SMILES string of the molecule is COC[C@@H](C)Oc1cc(C)ccc1CN. The van der Waals surface area contributed by atoms with E-state index in [1.807, 2.05) is 32.0 Å². The molecule has 3 nitrogen and oxygen atoms in total. The molecule has 15 heavy (non-hydrogen) atoms. The van der Waals surface area contributed by atoms with Crippen molar-refractivity contribution < 1.29 is 9.47 Å². The molecule has 1 rings (SSSR count). The minimum Gasteiger partial charge on any atom is -0.488 e. The number of aryl methyl sites for hydroxylation is 1. The zero-order valence-corrected chi connectivity index (χ0v) is 9.62. The van der Waals surface area contributed by atoms with Gasteiger partial charge in [-0.3, -0.25) is 0 Å². The van der Waals surface area contributed by atoms with Crippen molar-refractivity contribution in [3.05, 3.63) is 29.3 Å². The summed E-state index contributed by atoms with van der Waals surface area (Å²) in [6, 6.07) is 6.05. The maximum Gasteiger partial charge on any atom is 0.124 e. The van der Waals surface area contributed by atoms with Gasteiger partial charge in [0.1, 0.15) is 11.9 Å². The smallest absolute Gasteiger partial charge is 0.124 e. The van der Waals surface area contributed by atoms with Crippen LogP contribution in [-0.2, 0) is 11.3 Å². The number of hydrogen-bond donors (Lipinski definition) is 1. The molecule has 0 unspecified atom stereocenters. The number of hydrogen-bond acceptors (Lipinski definition) is 3. The van der Waals surface area contributed by atoms with Crippen molar-refractivity contribution in [3.63, 3.8) is 0 Å². The van der Waals surface area contributed by atoms with Gasteiger partial charge in [0.2, 0.25) is 0 Å². The molecule has 0 bridgehead atoms. The van der Waals surface area contributed by atoms with Gasteiger partial charge in [-0.25, -0.2) is 0 Å². The van der Waals surface area contributed by atoms with Crippen LogP contribution in [0.1, 0.15) is 18.1 Å². The Hall–Kier alpha value is -1.06. The Morgan fingerprint density at radius 3 is 2.73 bits per heavy atom. The molecule has 0 radical (unpaired) electrons. The van der Waals surface area contributed by atoms with Gasteiger partial charge in [0.25, 0.3) is 0 Å². The predicted octanol–water partition coefficient (Wildman–Crippen LogP) is 1.87. The summed E-state index contributed by atoms with van der Waals surface area (Å²) in [6.07, 6.45) is 0.0436. The molecule has 0 saturated carbocycles. The van der Waals surface area contributed by atoms with Crippen LogP contribution in [0.4, 0.5) is 0 Å². The second kappa shape index (κ2) is 5.73. The zero-order chi connectivity index (χ0) is 11.3. The van der Waals surface area contributed by atoms with Crippen LogP contribution in [0, 0.1) is 6.92 Å². The molecule has 1 atom stereocenters. The van der Waals surface area contributed by atoms with Crippen LogP contribution in [0.15, 0.2) is 18.2 Å². The Labute approximate surface area is 91.2 Å². The highest BCUT2D eigenvalue weighted by molar-refractivity contribution is 5.37. The Morgan fingerprint density at radius 1 is 1.40 bits per heavy atom. The van der Waals surface area contributed by atoms with Crippen molar-refractivity contribution in [1.82, 2.24) is 0 Å². The van der Waals surface area contributed by atoms with Crippen molar-refractivity contribution >= 4 is 0 Å². The van der Waals surface area contributed by atoms with Crippen LogP contribution in [0.25, 0.3) is 0 Å². The van der Waals surface area contributed by atoms with Gasteiger partial charge >= 0.3 is 0 Å². The summed E-state index contributed by atoms with van der Waals surface area (Å²) < 4.78 is 10.8. The van der Waals surface area contributed by atoms with Gasteiger partial charge < -0.3 is 15.2 Å². The van der Waals surface area contributed by atoms with E-state index in [1.54, 1.807) is 7.11 Å². The lowest BCUT2D eigenvalue weighted by atomic mass is 10.1. The molecule has 0 fully saturated rings. The van der Waals surface area contributed by atoms with Gasteiger partial charge in [-0.1, -0.05) is 12.1 Å². The van der Waals surface area contributed by atoms with Crippen LogP contribution < -0.4 is 10.5 Å². The fourth-order valence-corrected chi connectivity index (χ4v) is 1.43. The molecule has 1 aromatic rings. The van der Waals surface area contributed by atoms with Crippen LogP contribution in [0.2, 0.25) is 0 Å². The highest BCUT2D eigenvalue weighted by atomic mass is 16.5. The summed E-state index contributed by atoms with van der Waals surface area (Å²) in [7, 11) is 1.67. The van der Waals surface area contributed by atoms with Crippen molar-refractivity contribution in [2.24, 2.45) is 5.73 Å². The maximum absolute atomic E-state index is 5.75. The second-order valence-corrected chi connectivity index (χ2v) is 3.70. The lowest BCUT2D eigenvalue weighted by molar-refractivity contribution is 0.0914. The van der Waals surface area contributed by atoms with E-state index in [0.717, 1.165) is 11.3 Å². The molecule has 0 spiro atoms. The fourth-order valence-electron chi connectivity index (χ4n) is 1.43. The third-order valence-corrected chi connectivity index (χ3v) is 2.17. The number of benzene rings is 1. The van der Waals surface area contributed by atoms with Gasteiger partial charge in [0.05, 0.1) is 6.61 Å². The first-order valence-electron chi connectivity index (χ1n) is 5.12. The number of rotatable bonds is 5. The minimum atomic E-state index is 0.0436. The number of ether oxygens (including phenoxy) is 2. The minimum absolute atomic E-state index is 0.0436. The molecule has 1 aromatic carbocycles. The number of methoxy groups -OCH3 is 1. The van der Waals surface area contributed by atoms with Gasteiger partial charge in [0.15, 0.2) is 0 Å². The van der Waals surface area contributed by atoms with E-state index in [0.29, 0.717) is 13.2 Å². The van der Waals surface area contributed by atoms with Gasteiger partial charge in [-0.05, 0) is 25.5 Å². The zero-order valence-electron chi connectivity index (χ0n) is 9.62. The molecule has 0 aromatic heterocycles. The standard InChI is InChI=1S/C12H19NO2/c1-9-4-5-11(7-13)12(6-9)15-10(2)8-14-3/h4-6,10H,7-8,13H2,1-3H3/t10-/m1/s1. The summed E-state index contributed by atoms with van der Waals surface area (Å²) in [6.45, 7) is 5.09. The molecule has 0 saturated heterocycles. The summed E-state index contributed by atoms with van der Waals surface area (Å²) in [4.78, 5) is 0. The molecule has 0 heterocycles. The summed E-state index contributed by atoms with van der Waals surface area (Å²) in [5, 5.41) is 0. The van der Waals surface area contributed by atoms with Crippen molar-refractivity contribution in [2.75, 3.05) is 13.7 Å². The van der Waals surface area contributed by atoms with E-state index in [-0.39, 0.29) is 6.10 Å². The molecule has 0 aliphatic carbocycles. The van der Waals surface area contributed by atoms with E-state index in [2.05, 4.69) is 0 Å². The van der Waals surface area contributed by atoms with Gasteiger partial charge in [-0.2, -0.15) is 0 Å². The highest BCUT2D eigenvalue weighted by Crippen LogP contribution is 2.21. The molecular formula is C12H19NO2. The molecule has 0 aliphatic rings. The third kappa shape index (κ3) is 3.53. The summed E-state index contributed by atoms with van der Waals surface area (Å²) in [5.41, 5.74) is 7.84. The molecular weight excluding hydrogens is 190 g/mol. The van der Waals surface area contributed by atoms with Crippen LogP contribution in [0.5, 0.6) is 5.75 Å². The Bertz CT molecular complexity index is 312. The molecule has 84 valence electrons. The lowest BCUT2D eigenvalue weighted by Crippen LogP contribution is -2.19. The Morgan fingerprint density at radius 2 is 2.13 bits per heavy atom. The van der Waals surface area contributed by atoms with Crippen LogP contribution >= 0.6 is 0 Å². The molecule has 2 N–H and O–H groups in total. The van der Waals surface area contributed by atoms with Crippen LogP contribution in [0.3, 0.4) is 0 Å². The van der Waals surface area contributed by atoms with E-state index < -0.39 is 0 Å². The average molecular weight is 209 g/mol. The van der Waals surface area contributed by atoms with Crippen molar-refractivity contribution in [3.8, 4) is 5.75 Å². The van der Waals surface area contributed by atoms with E-state index >= 15 is 0 Å². The lowest BCUT2D eigenvalue weighted by Gasteiger charge is -2.16. The monoisotopic (exact) mass is 209 g/mol. The summed E-state index contributed by atoms with van der Waals surface area (Å²) in [5.74, 6) is 0.863. The van der Waals surface area contributed by atoms with E-state index in [4.69, 9.17) is 15.2 Å². The van der Waals surface area contributed by atoms with E-state index in [9.17, 15) is 0 Å². The molecule has 0 amide bonds. The summed E-state index contributed by atoms with van der Waals surface area (Å²) >= 11 is 0. The largest absolute Gasteiger partial charge is 0.488 e. The van der Waals surface area contributed by atoms with Gasteiger partial charge in [-0.15, -0.1) is 0 Å². The van der Waals surface area contributed by atoms with Gasteiger partial charge in [0, 0.05) is 19.2 Å². The first-order chi connectivity index (χ1) is 7.17. The first-order valence-corrected chi connectivity index (χ1v) is 5.12. The average Bonchev–Trinajstić information content (AvgIpc) is 2.18. The molecule has 0 aliphatic heterocycles. The van der Waals surface area contributed by atoms with Crippen molar-refractivity contribution in [2.45, 2.75) is 26.5 Å². The predicted molar refractivity (Wildman–Crippen MR) is 61.0 cm³/mol. The van der Waals surface area contributed by atoms with E-state index in [1.165, 1.54) is 5.56 Å². The first kappa shape index (κ1) is 12.0. The third-order valence-electron chi connectivity index (χ3n) is 2.17. The topological polar surface area (TPSA) is 44.5 Å². The normalized spacial score (nSPS) is 12.5. The quantitative estimate of drug-likeness (QED) is 0.805. The Kier molecular flexibility index (Phi) is 4.59. The van der Waals surface area contributed by atoms with Crippen molar-refractivity contribution in [1.29, 1.82) is 0 Å². The Balaban J connectivity index is 2.77. The van der Waals surface area contributed by atoms with Crippen LogP contribution in [-0.4, -0.2) is 19.8 Å². The molecule has 3 heteroatoms.